The van der Waals surface area contributed by atoms with Gasteiger partial charge in [-0.25, -0.2) is 0 Å². The van der Waals surface area contributed by atoms with Crippen LogP contribution in [-0.2, 0) is 10.8 Å². The minimum absolute atomic E-state index is 0.293. The topological polar surface area (TPSA) is 29.1 Å². The third-order valence-corrected chi connectivity index (χ3v) is 4.17. The van der Waals surface area contributed by atoms with E-state index in [9.17, 15) is 4.21 Å². The van der Waals surface area contributed by atoms with Crippen molar-refractivity contribution in [3.8, 4) is 0 Å². The molecule has 0 aromatic heterocycles. The molecule has 13 heavy (non-hydrogen) atoms. The number of rotatable bonds is 4. The summed E-state index contributed by atoms with van der Waals surface area (Å²) >= 11 is 0. The van der Waals surface area contributed by atoms with Crippen LogP contribution in [0.25, 0.3) is 0 Å². The molecule has 2 unspecified atom stereocenters. The van der Waals surface area contributed by atoms with Crippen LogP contribution in [0.2, 0.25) is 0 Å². The maximum atomic E-state index is 11.1. The van der Waals surface area contributed by atoms with Crippen LogP contribution in [0.1, 0.15) is 39.0 Å². The van der Waals surface area contributed by atoms with E-state index in [0.29, 0.717) is 11.3 Å². The molecule has 0 spiro atoms. The average molecular weight is 203 g/mol. The van der Waals surface area contributed by atoms with Gasteiger partial charge < -0.3 is 5.32 Å². The van der Waals surface area contributed by atoms with Crippen LogP contribution >= 0.6 is 0 Å². The average Bonchev–Trinajstić information content (AvgIpc) is 2.15. The second-order valence-electron chi connectivity index (χ2n) is 4.05. The van der Waals surface area contributed by atoms with Crippen molar-refractivity contribution >= 4 is 10.8 Å². The van der Waals surface area contributed by atoms with Crippen molar-refractivity contribution in [1.29, 1.82) is 0 Å². The second-order valence-corrected chi connectivity index (χ2v) is 5.85. The molecule has 0 aromatic rings. The van der Waals surface area contributed by atoms with Gasteiger partial charge in [0.25, 0.3) is 0 Å². The molecule has 1 aliphatic rings. The molecule has 0 amide bonds. The zero-order valence-electron chi connectivity index (χ0n) is 8.71. The molecule has 1 aliphatic carbocycles. The first-order valence-electron chi connectivity index (χ1n) is 5.25. The Morgan fingerprint density at radius 2 is 2.00 bits per heavy atom. The fraction of sp³-hybridized carbons (Fsp3) is 1.00. The van der Waals surface area contributed by atoms with E-state index in [1.807, 2.05) is 6.92 Å². The van der Waals surface area contributed by atoms with Crippen molar-refractivity contribution in [2.75, 3.05) is 12.8 Å². The highest BCUT2D eigenvalue weighted by molar-refractivity contribution is 7.84. The molecule has 1 N–H and O–H groups in total. The highest BCUT2D eigenvalue weighted by atomic mass is 32.2. The van der Waals surface area contributed by atoms with E-state index >= 15 is 0 Å². The van der Waals surface area contributed by atoms with Crippen molar-refractivity contribution in [3.05, 3.63) is 0 Å². The molecular weight excluding hydrogens is 182 g/mol. The number of nitrogens with one attached hydrogen (secondary N) is 1. The van der Waals surface area contributed by atoms with Gasteiger partial charge in [0, 0.05) is 34.9 Å². The smallest absolute Gasteiger partial charge is 0.0441 e. The van der Waals surface area contributed by atoms with Gasteiger partial charge in [0.2, 0.25) is 0 Å². The van der Waals surface area contributed by atoms with Gasteiger partial charge in [0.1, 0.15) is 0 Å². The van der Waals surface area contributed by atoms with E-state index in [0.717, 1.165) is 6.54 Å². The minimum Gasteiger partial charge on any atom is -0.313 e. The Bertz CT molecular complexity index is 166. The van der Waals surface area contributed by atoms with E-state index in [1.165, 1.54) is 32.1 Å². The fourth-order valence-electron chi connectivity index (χ4n) is 1.76. The Morgan fingerprint density at radius 1 is 1.38 bits per heavy atom. The molecular formula is C10H21NOS. The molecule has 0 aromatic carbocycles. The molecule has 0 bridgehead atoms. The lowest BCUT2D eigenvalue weighted by molar-refractivity contribution is 0.375. The summed E-state index contributed by atoms with van der Waals surface area (Å²) in [5.41, 5.74) is 0. The summed E-state index contributed by atoms with van der Waals surface area (Å²) in [5, 5.41) is 3.80. The maximum absolute atomic E-state index is 11.1. The van der Waals surface area contributed by atoms with Crippen LogP contribution in [-0.4, -0.2) is 28.3 Å². The van der Waals surface area contributed by atoms with Gasteiger partial charge >= 0.3 is 0 Å². The predicted octanol–water partition coefficient (Wildman–Crippen LogP) is 1.68. The van der Waals surface area contributed by atoms with Crippen molar-refractivity contribution < 1.29 is 4.21 Å². The Balaban J connectivity index is 2.13. The van der Waals surface area contributed by atoms with E-state index in [1.54, 1.807) is 6.26 Å². The highest BCUT2D eigenvalue weighted by Gasteiger charge is 2.14. The summed E-state index contributed by atoms with van der Waals surface area (Å²) in [4.78, 5) is 0. The van der Waals surface area contributed by atoms with Gasteiger partial charge in [0.15, 0.2) is 0 Å². The fourth-order valence-corrected chi connectivity index (χ4v) is 2.09. The predicted molar refractivity (Wildman–Crippen MR) is 58.4 cm³/mol. The van der Waals surface area contributed by atoms with Gasteiger partial charge in [-0.1, -0.05) is 19.3 Å². The largest absolute Gasteiger partial charge is 0.313 e. The lowest BCUT2D eigenvalue weighted by Crippen LogP contribution is -2.37. The van der Waals surface area contributed by atoms with Gasteiger partial charge in [-0.05, 0) is 19.8 Å². The van der Waals surface area contributed by atoms with E-state index in [4.69, 9.17) is 0 Å². The molecule has 0 aliphatic heterocycles. The maximum Gasteiger partial charge on any atom is 0.0441 e. The van der Waals surface area contributed by atoms with Gasteiger partial charge in [-0.3, -0.25) is 4.21 Å². The van der Waals surface area contributed by atoms with Gasteiger partial charge in [0.05, 0.1) is 0 Å². The van der Waals surface area contributed by atoms with Crippen LogP contribution in [0.15, 0.2) is 0 Å². The molecule has 0 radical (unpaired) electrons. The quantitative estimate of drug-likeness (QED) is 0.753. The normalized spacial score (nSPS) is 24.2. The van der Waals surface area contributed by atoms with Crippen LogP contribution in [0, 0.1) is 0 Å². The van der Waals surface area contributed by atoms with Crippen LogP contribution in [0.4, 0.5) is 0 Å². The minimum atomic E-state index is -0.677. The summed E-state index contributed by atoms with van der Waals surface area (Å²) in [6, 6.07) is 0.694. The third-order valence-electron chi connectivity index (χ3n) is 2.87. The molecule has 2 atom stereocenters. The highest BCUT2D eigenvalue weighted by Crippen LogP contribution is 2.17. The van der Waals surface area contributed by atoms with Crippen LogP contribution < -0.4 is 5.32 Å². The summed E-state index contributed by atoms with van der Waals surface area (Å²) in [6.07, 6.45) is 8.52. The molecule has 1 fully saturated rings. The summed E-state index contributed by atoms with van der Waals surface area (Å²) < 4.78 is 11.1. The second kappa shape index (κ2) is 5.76. The number of hydrogen-bond acceptors (Lipinski definition) is 2. The SMILES string of the molecule is CC(CNC1CCCCC1)S(C)=O. The van der Waals surface area contributed by atoms with E-state index in [2.05, 4.69) is 5.32 Å². The van der Waals surface area contributed by atoms with Crippen molar-refractivity contribution in [3.63, 3.8) is 0 Å². The number of hydrogen-bond donors (Lipinski definition) is 1. The molecule has 78 valence electrons. The molecule has 0 saturated heterocycles. The third kappa shape index (κ3) is 4.23. The Morgan fingerprint density at radius 3 is 2.54 bits per heavy atom. The van der Waals surface area contributed by atoms with E-state index in [-0.39, 0.29) is 0 Å². The summed E-state index contributed by atoms with van der Waals surface area (Å²) in [7, 11) is -0.677. The van der Waals surface area contributed by atoms with Crippen molar-refractivity contribution in [2.45, 2.75) is 50.3 Å². The van der Waals surface area contributed by atoms with Crippen LogP contribution in [0.3, 0.4) is 0 Å². The first-order chi connectivity index (χ1) is 6.20. The lowest BCUT2D eigenvalue weighted by Gasteiger charge is -2.24. The zero-order chi connectivity index (χ0) is 9.68. The van der Waals surface area contributed by atoms with Crippen LogP contribution in [0.5, 0.6) is 0 Å². The Labute approximate surface area is 83.9 Å². The first kappa shape index (κ1) is 11.2. The Hall–Kier alpha value is 0.110. The molecule has 0 heterocycles. The molecule has 2 nitrogen and oxygen atoms in total. The molecule has 1 saturated carbocycles. The first-order valence-corrected chi connectivity index (χ1v) is 6.88. The van der Waals surface area contributed by atoms with E-state index < -0.39 is 10.8 Å². The van der Waals surface area contributed by atoms with Crippen molar-refractivity contribution in [2.24, 2.45) is 0 Å². The molecule has 3 heteroatoms. The standard InChI is InChI=1S/C10H21NOS/c1-9(13(2)12)8-11-10-6-4-3-5-7-10/h9-11H,3-8H2,1-2H3. The van der Waals surface area contributed by atoms with Gasteiger partial charge in [-0.15, -0.1) is 0 Å². The molecule has 1 rings (SSSR count). The van der Waals surface area contributed by atoms with Gasteiger partial charge in [-0.2, -0.15) is 0 Å². The zero-order valence-corrected chi connectivity index (χ0v) is 9.53. The summed E-state index contributed by atoms with van der Waals surface area (Å²) in [6.45, 7) is 2.96. The summed E-state index contributed by atoms with van der Waals surface area (Å²) in [5.74, 6) is 0. The Kier molecular flexibility index (Phi) is 4.96. The monoisotopic (exact) mass is 203 g/mol. The lowest BCUT2D eigenvalue weighted by atomic mass is 9.95. The van der Waals surface area contributed by atoms with Crippen molar-refractivity contribution in [1.82, 2.24) is 5.32 Å².